The minimum atomic E-state index is -1.72. The standard InChI is InChI=1S/C17H10F3NO2S/c18-11-7-10(14(19)17(23)15(11)20)16(22)13-6-5-12(24-13)8-1-3-9(21)4-2-8/h1-7,23H,21H2. The maximum atomic E-state index is 13.9. The van der Waals surface area contributed by atoms with Gasteiger partial charge in [0.15, 0.2) is 17.4 Å². The van der Waals surface area contributed by atoms with Gasteiger partial charge in [-0.05, 0) is 35.9 Å². The van der Waals surface area contributed by atoms with E-state index in [4.69, 9.17) is 5.73 Å². The predicted molar refractivity (Wildman–Crippen MR) is 85.6 cm³/mol. The Morgan fingerprint density at radius 1 is 1.00 bits per heavy atom. The molecule has 0 atom stereocenters. The van der Waals surface area contributed by atoms with Crippen molar-refractivity contribution < 1.29 is 23.1 Å². The number of nitrogens with two attached hydrogens (primary N) is 1. The number of carbonyl (C=O) groups is 1. The number of carbonyl (C=O) groups excluding carboxylic acids is 1. The number of aromatic hydroxyl groups is 1. The summed E-state index contributed by atoms with van der Waals surface area (Å²) >= 11 is 1.06. The minimum absolute atomic E-state index is 0.131. The molecule has 1 heterocycles. The Labute approximate surface area is 138 Å². The van der Waals surface area contributed by atoms with Crippen LogP contribution in [0.25, 0.3) is 10.4 Å². The lowest BCUT2D eigenvalue weighted by Gasteiger charge is -2.04. The molecule has 2 aromatic carbocycles. The third-order valence-electron chi connectivity index (χ3n) is 3.40. The Hall–Kier alpha value is -2.80. The summed E-state index contributed by atoms with van der Waals surface area (Å²) in [7, 11) is 0. The van der Waals surface area contributed by atoms with Gasteiger partial charge in [-0.3, -0.25) is 4.79 Å². The second-order valence-corrected chi connectivity index (χ2v) is 6.08. The molecule has 3 N–H and O–H groups in total. The highest BCUT2D eigenvalue weighted by Gasteiger charge is 2.24. The van der Waals surface area contributed by atoms with E-state index in [1.165, 1.54) is 6.07 Å². The van der Waals surface area contributed by atoms with E-state index in [-0.39, 0.29) is 4.88 Å². The van der Waals surface area contributed by atoms with Gasteiger partial charge in [0.1, 0.15) is 0 Å². The summed E-state index contributed by atoms with van der Waals surface area (Å²) in [5, 5.41) is 9.22. The highest BCUT2D eigenvalue weighted by Crippen LogP contribution is 2.32. The average Bonchev–Trinajstić information content (AvgIpc) is 3.06. The van der Waals surface area contributed by atoms with E-state index in [9.17, 15) is 23.1 Å². The number of nitrogen functional groups attached to an aromatic ring is 1. The molecule has 1 aromatic heterocycles. The van der Waals surface area contributed by atoms with Crippen molar-refractivity contribution in [2.24, 2.45) is 0 Å². The number of benzene rings is 2. The fourth-order valence-corrected chi connectivity index (χ4v) is 3.12. The van der Waals surface area contributed by atoms with Crippen molar-refractivity contribution in [2.45, 2.75) is 0 Å². The van der Waals surface area contributed by atoms with Crippen molar-refractivity contribution >= 4 is 22.8 Å². The molecule has 3 nitrogen and oxygen atoms in total. The Bertz CT molecular complexity index is 936. The number of hydrogen-bond acceptors (Lipinski definition) is 4. The predicted octanol–water partition coefficient (Wildman–Crippen LogP) is 4.35. The molecular weight excluding hydrogens is 339 g/mol. The van der Waals surface area contributed by atoms with Crippen molar-refractivity contribution in [3.05, 3.63) is 70.4 Å². The van der Waals surface area contributed by atoms with Crippen LogP contribution in [0, 0.1) is 17.5 Å². The van der Waals surface area contributed by atoms with Crippen LogP contribution in [0.4, 0.5) is 18.9 Å². The Kier molecular flexibility index (Phi) is 4.02. The molecule has 0 aliphatic rings. The van der Waals surface area contributed by atoms with E-state index < -0.39 is 34.5 Å². The quantitative estimate of drug-likeness (QED) is 0.420. The summed E-state index contributed by atoms with van der Waals surface area (Å²) < 4.78 is 40.3. The van der Waals surface area contributed by atoms with E-state index in [1.54, 1.807) is 30.3 Å². The summed E-state index contributed by atoms with van der Waals surface area (Å²) in [5.41, 5.74) is 6.28. The average molecular weight is 349 g/mol. The van der Waals surface area contributed by atoms with Crippen molar-refractivity contribution in [1.82, 2.24) is 0 Å². The van der Waals surface area contributed by atoms with Crippen molar-refractivity contribution in [3.63, 3.8) is 0 Å². The van der Waals surface area contributed by atoms with Crippen LogP contribution in [-0.2, 0) is 0 Å². The molecule has 0 saturated heterocycles. The monoisotopic (exact) mass is 349 g/mol. The lowest BCUT2D eigenvalue weighted by atomic mass is 10.1. The first kappa shape index (κ1) is 16.1. The lowest BCUT2D eigenvalue weighted by Crippen LogP contribution is -2.05. The van der Waals surface area contributed by atoms with Gasteiger partial charge >= 0.3 is 0 Å². The van der Waals surface area contributed by atoms with Crippen LogP contribution >= 0.6 is 11.3 Å². The second kappa shape index (κ2) is 6.01. The van der Waals surface area contributed by atoms with Gasteiger partial charge < -0.3 is 10.8 Å². The first-order valence-corrected chi connectivity index (χ1v) is 7.57. The summed E-state index contributed by atoms with van der Waals surface area (Å²) in [5.74, 6) is -7.05. The third kappa shape index (κ3) is 2.74. The summed E-state index contributed by atoms with van der Waals surface area (Å²) in [6.07, 6.45) is 0. The molecule has 7 heteroatoms. The van der Waals surface area contributed by atoms with Crippen LogP contribution in [0.2, 0.25) is 0 Å². The number of ketones is 1. The molecule has 3 aromatic rings. The molecule has 122 valence electrons. The maximum absolute atomic E-state index is 13.9. The van der Waals surface area contributed by atoms with Gasteiger partial charge in [-0.2, -0.15) is 4.39 Å². The zero-order valence-electron chi connectivity index (χ0n) is 12.0. The SMILES string of the molecule is Nc1ccc(-c2ccc(C(=O)c3cc(F)c(F)c(O)c3F)s2)cc1. The maximum Gasteiger partial charge on any atom is 0.206 e. The van der Waals surface area contributed by atoms with Gasteiger partial charge in [0.2, 0.25) is 11.6 Å². The molecule has 24 heavy (non-hydrogen) atoms. The van der Waals surface area contributed by atoms with E-state index in [0.29, 0.717) is 11.8 Å². The largest absolute Gasteiger partial charge is 0.503 e. The summed E-state index contributed by atoms with van der Waals surface area (Å²) in [4.78, 5) is 13.2. The van der Waals surface area contributed by atoms with Gasteiger partial charge in [-0.25, -0.2) is 8.78 Å². The second-order valence-electron chi connectivity index (χ2n) is 5.00. The zero-order valence-corrected chi connectivity index (χ0v) is 12.8. The number of thiophene rings is 1. The van der Waals surface area contributed by atoms with Crippen LogP contribution < -0.4 is 5.73 Å². The van der Waals surface area contributed by atoms with Crippen LogP contribution in [0.3, 0.4) is 0 Å². The van der Waals surface area contributed by atoms with Crippen LogP contribution in [0.5, 0.6) is 5.75 Å². The van der Waals surface area contributed by atoms with Crippen LogP contribution in [0.1, 0.15) is 15.2 Å². The first-order chi connectivity index (χ1) is 11.4. The van der Waals surface area contributed by atoms with E-state index >= 15 is 0 Å². The van der Waals surface area contributed by atoms with Gasteiger partial charge in [0.25, 0.3) is 0 Å². The number of halogens is 3. The number of hydrogen-bond donors (Lipinski definition) is 2. The number of phenols is 1. The molecule has 0 fully saturated rings. The molecule has 0 aliphatic heterocycles. The fraction of sp³-hybridized carbons (Fsp3) is 0. The smallest absolute Gasteiger partial charge is 0.206 e. The molecule has 3 rings (SSSR count). The highest BCUT2D eigenvalue weighted by atomic mass is 32.1. The van der Waals surface area contributed by atoms with Gasteiger partial charge in [0.05, 0.1) is 10.4 Å². The Morgan fingerprint density at radius 2 is 1.67 bits per heavy atom. The molecule has 0 bridgehead atoms. The normalized spacial score (nSPS) is 10.8. The van der Waals surface area contributed by atoms with Crippen molar-refractivity contribution in [3.8, 4) is 16.2 Å². The Balaban J connectivity index is 1.99. The third-order valence-corrected chi connectivity index (χ3v) is 4.54. The highest BCUT2D eigenvalue weighted by molar-refractivity contribution is 7.17. The van der Waals surface area contributed by atoms with Gasteiger partial charge in [0, 0.05) is 10.6 Å². The van der Waals surface area contributed by atoms with Gasteiger partial charge in [-0.1, -0.05) is 12.1 Å². The van der Waals surface area contributed by atoms with Crippen LogP contribution in [-0.4, -0.2) is 10.9 Å². The van der Waals surface area contributed by atoms with E-state index in [0.717, 1.165) is 21.8 Å². The summed E-state index contributed by atoms with van der Waals surface area (Å²) in [6.45, 7) is 0. The van der Waals surface area contributed by atoms with Gasteiger partial charge in [-0.15, -0.1) is 11.3 Å². The number of phenolic OH excluding ortho intramolecular Hbond substituents is 1. The minimum Gasteiger partial charge on any atom is -0.503 e. The van der Waals surface area contributed by atoms with Crippen molar-refractivity contribution in [1.29, 1.82) is 0 Å². The van der Waals surface area contributed by atoms with E-state index in [2.05, 4.69) is 0 Å². The lowest BCUT2D eigenvalue weighted by molar-refractivity contribution is 0.103. The van der Waals surface area contributed by atoms with Crippen LogP contribution in [0.15, 0.2) is 42.5 Å². The fourth-order valence-electron chi connectivity index (χ4n) is 2.15. The van der Waals surface area contributed by atoms with Crippen molar-refractivity contribution in [2.75, 3.05) is 5.73 Å². The number of anilines is 1. The first-order valence-electron chi connectivity index (χ1n) is 6.75. The Morgan fingerprint density at radius 3 is 2.33 bits per heavy atom. The molecular formula is C17H10F3NO2S. The molecule has 0 unspecified atom stereocenters. The molecule has 0 amide bonds. The van der Waals surface area contributed by atoms with E-state index in [1.807, 2.05) is 0 Å². The molecule has 0 aliphatic carbocycles. The summed E-state index contributed by atoms with van der Waals surface area (Å²) in [6, 6.07) is 10.5. The molecule has 0 spiro atoms. The molecule has 0 saturated carbocycles. The topological polar surface area (TPSA) is 63.3 Å². The number of rotatable bonds is 3. The molecule has 0 radical (unpaired) electrons. The zero-order chi connectivity index (χ0) is 17.4.